The lowest BCUT2D eigenvalue weighted by Crippen LogP contribution is -2.05. The van der Waals surface area contributed by atoms with Crippen LogP contribution in [0.3, 0.4) is 0 Å². The van der Waals surface area contributed by atoms with Crippen molar-refractivity contribution in [2.75, 3.05) is 5.73 Å². The van der Waals surface area contributed by atoms with E-state index in [9.17, 15) is 0 Å². The van der Waals surface area contributed by atoms with E-state index in [4.69, 9.17) is 5.73 Å². The summed E-state index contributed by atoms with van der Waals surface area (Å²) < 4.78 is 0. The first-order chi connectivity index (χ1) is 10.3. The fourth-order valence-corrected chi connectivity index (χ4v) is 2.69. The zero-order chi connectivity index (χ0) is 14.5. The lowest BCUT2D eigenvalue weighted by atomic mass is 9.86. The molecule has 0 fully saturated rings. The van der Waals surface area contributed by atoms with Crippen molar-refractivity contribution >= 4 is 5.69 Å². The normalized spacial score (nSPS) is 12.0. The molecule has 0 heterocycles. The molecular formula is C20H19N. The predicted molar refractivity (Wildman–Crippen MR) is 89.3 cm³/mol. The van der Waals surface area contributed by atoms with Gasteiger partial charge in [-0.3, -0.25) is 0 Å². The van der Waals surface area contributed by atoms with Gasteiger partial charge in [-0.05, 0) is 35.2 Å². The monoisotopic (exact) mass is 273 g/mol. The van der Waals surface area contributed by atoms with E-state index in [-0.39, 0.29) is 0 Å². The fourth-order valence-electron chi connectivity index (χ4n) is 2.69. The number of nitrogen functional groups attached to an aromatic ring is 1. The molecule has 2 N–H and O–H groups in total. The number of rotatable bonds is 4. The summed E-state index contributed by atoms with van der Waals surface area (Å²) in [6.45, 7) is 0. The van der Waals surface area contributed by atoms with Crippen LogP contribution in [0.2, 0.25) is 0 Å². The highest BCUT2D eigenvalue weighted by Gasteiger charge is 2.14. The molecule has 104 valence electrons. The molecule has 0 saturated carbocycles. The van der Waals surface area contributed by atoms with Crippen LogP contribution in [0.15, 0.2) is 84.9 Å². The van der Waals surface area contributed by atoms with Crippen molar-refractivity contribution in [2.24, 2.45) is 0 Å². The van der Waals surface area contributed by atoms with Crippen molar-refractivity contribution in [1.29, 1.82) is 0 Å². The van der Waals surface area contributed by atoms with Gasteiger partial charge in [-0.15, -0.1) is 0 Å². The first-order valence-corrected chi connectivity index (χ1v) is 7.27. The molecule has 0 bridgehead atoms. The highest BCUT2D eigenvalue weighted by atomic mass is 14.5. The van der Waals surface area contributed by atoms with Crippen LogP contribution in [0.5, 0.6) is 0 Å². The SMILES string of the molecule is Nc1ccc(C(Cc2ccccc2)c2ccccc2)cc1. The Bertz CT molecular complexity index is 672. The Hall–Kier alpha value is -2.54. The van der Waals surface area contributed by atoms with Crippen LogP contribution >= 0.6 is 0 Å². The van der Waals surface area contributed by atoms with Crippen LogP contribution in [0.1, 0.15) is 22.6 Å². The number of hydrogen-bond acceptors (Lipinski definition) is 1. The van der Waals surface area contributed by atoms with Gasteiger partial charge < -0.3 is 5.73 Å². The van der Waals surface area contributed by atoms with Gasteiger partial charge in [0.05, 0.1) is 0 Å². The van der Waals surface area contributed by atoms with E-state index in [0.29, 0.717) is 5.92 Å². The minimum absolute atomic E-state index is 0.356. The quantitative estimate of drug-likeness (QED) is 0.688. The Morgan fingerprint density at radius 1 is 0.619 bits per heavy atom. The molecule has 1 unspecified atom stereocenters. The molecule has 0 saturated heterocycles. The molecule has 3 aromatic carbocycles. The molecule has 1 nitrogen and oxygen atoms in total. The third-order valence-corrected chi connectivity index (χ3v) is 3.82. The van der Waals surface area contributed by atoms with Gasteiger partial charge in [0.2, 0.25) is 0 Å². The molecule has 1 atom stereocenters. The Morgan fingerprint density at radius 2 is 1.14 bits per heavy atom. The third-order valence-electron chi connectivity index (χ3n) is 3.82. The molecule has 1 heteroatoms. The van der Waals surface area contributed by atoms with Crippen molar-refractivity contribution in [3.05, 3.63) is 102 Å². The fraction of sp³-hybridized carbons (Fsp3) is 0.100. The van der Waals surface area contributed by atoms with Crippen molar-refractivity contribution in [3.63, 3.8) is 0 Å². The minimum atomic E-state index is 0.356. The van der Waals surface area contributed by atoms with E-state index in [0.717, 1.165) is 12.1 Å². The van der Waals surface area contributed by atoms with E-state index in [1.54, 1.807) is 0 Å². The van der Waals surface area contributed by atoms with E-state index >= 15 is 0 Å². The van der Waals surface area contributed by atoms with E-state index in [2.05, 4.69) is 72.8 Å². The average Bonchev–Trinajstić information content (AvgIpc) is 2.55. The van der Waals surface area contributed by atoms with Crippen LogP contribution in [0, 0.1) is 0 Å². The summed E-state index contributed by atoms with van der Waals surface area (Å²) in [5.41, 5.74) is 10.6. The van der Waals surface area contributed by atoms with Crippen LogP contribution in [-0.2, 0) is 6.42 Å². The molecule has 0 amide bonds. The summed E-state index contributed by atoms with van der Waals surface area (Å²) in [6.07, 6.45) is 0.995. The Balaban J connectivity index is 1.97. The van der Waals surface area contributed by atoms with Crippen molar-refractivity contribution in [1.82, 2.24) is 0 Å². The van der Waals surface area contributed by atoms with E-state index < -0.39 is 0 Å². The van der Waals surface area contributed by atoms with Crippen LogP contribution in [-0.4, -0.2) is 0 Å². The zero-order valence-corrected chi connectivity index (χ0v) is 11.9. The maximum atomic E-state index is 5.82. The summed E-state index contributed by atoms with van der Waals surface area (Å²) >= 11 is 0. The number of anilines is 1. The summed E-state index contributed by atoms with van der Waals surface area (Å²) in [4.78, 5) is 0. The summed E-state index contributed by atoms with van der Waals surface area (Å²) in [5, 5.41) is 0. The van der Waals surface area contributed by atoms with Crippen molar-refractivity contribution < 1.29 is 0 Å². The minimum Gasteiger partial charge on any atom is -0.399 e. The van der Waals surface area contributed by atoms with Gasteiger partial charge in [0.25, 0.3) is 0 Å². The van der Waals surface area contributed by atoms with Gasteiger partial charge >= 0.3 is 0 Å². The molecule has 3 aromatic rings. The largest absolute Gasteiger partial charge is 0.399 e. The average molecular weight is 273 g/mol. The Labute approximate surface area is 126 Å². The van der Waals surface area contributed by atoms with Crippen molar-refractivity contribution in [2.45, 2.75) is 12.3 Å². The second-order valence-corrected chi connectivity index (χ2v) is 5.32. The van der Waals surface area contributed by atoms with Gasteiger partial charge in [-0.2, -0.15) is 0 Å². The second kappa shape index (κ2) is 6.27. The standard InChI is InChI=1S/C20H19N/c21-19-13-11-18(12-14-19)20(17-9-5-2-6-10-17)15-16-7-3-1-4-8-16/h1-14,20H,15,21H2. The molecule has 0 aliphatic carbocycles. The smallest absolute Gasteiger partial charge is 0.0314 e. The molecule has 0 aliphatic heterocycles. The van der Waals surface area contributed by atoms with Crippen LogP contribution in [0.25, 0.3) is 0 Å². The topological polar surface area (TPSA) is 26.0 Å². The Morgan fingerprint density at radius 3 is 1.76 bits per heavy atom. The summed E-state index contributed by atoms with van der Waals surface area (Å²) in [7, 11) is 0. The first kappa shape index (κ1) is 13.4. The molecule has 21 heavy (non-hydrogen) atoms. The first-order valence-electron chi connectivity index (χ1n) is 7.27. The maximum absolute atomic E-state index is 5.82. The number of hydrogen-bond donors (Lipinski definition) is 1. The molecule has 0 radical (unpaired) electrons. The van der Waals surface area contributed by atoms with E-state index in [1.165, 1.54) is 16.7 Å². The van der Waals surface area contributed by atoms with Crippen LogP contribution < -0.4 is 5.73 Å². The van der Waals surface area contributed by atoms with Gasteiger partial charge in [0, 0.05) is 11.6 Å². The summed E-state index contributed by atoms with van der Waals surface area (Å²) in [6, 6.07) is 29.5. The zero-order valence-electron chi connectivity index (χ0n) is 11.9. The predicted octanol–water partition coefficient (Wildman–Crippen LogP) is 4.64. The van der Waals surface area contributed by atoms with Gasteiger partial charge in [-0.1, -0.05) is 72.8 Å². The molecule has 0 spiro atoms. The molecule has 3 rings (SSSR count). The summed E-state index contributed by atoms with van der Waals surface area (Å²) in [5.74, 6) is 0.356. The lowest BCUT2D eigenvalue weighted by Gasteiger charge is -2.18. The van der Waals surface area contributed by atoms with Crippen molar-refractivity contribution in [3.8, 4) is 0 Å². The maximum Gasteiger partial charge on any atom is 0.0314 e. The van der Waals surface area contributed by atoms with Gasteiger partial charge in [0.1, 0.15) is 0 Å². The number of nitrogens with two attached hydrogens (primary N) is 1. The molecule has 0 aromatic heterocycles. The number of benzene rings is 3. The van der Waals surface area contributed by atoms with E-state index in [1.807, 2.05) is 12.1 Å². The molecule has 0 aliphatic rings. The third kappa shape index (κ3) is 3.32. The van der Waals surface area contributed by atoms with Gasteiger partial charge in [0.15, 0.2) is 0 Å². The highest BCUT2D eigenvalue weighted by Crippen LogP contribution is 2.29. The highest BCUT2D eigenvalue weighted by molar-refractivity contribution is 5.43. The second-order valence-electron chi connectivity index (χ2n) is 5.32. The Kier molecular flexibility index (Phi) is 4.02. The van der Waals surface area contributed by atoms with Gasteiger partial charge in [-0.25, -0.2) is 0 Å². The lowest BCUT2D eigenvalue weighted by molar-refractivity contribution is 0.805. The van der Waals surface area contributed by atoms with Crippen LogP contribution in [0.4, 0.5) is 5.69 Å². The molecular weight excluding hydrogens is 254 g/mol.